The predicted octanol–water partition coefficient (Wildman–Crippen LogP) is 15.1. The van der Waals surface area contributed by atoms with Crippen LogP contribution in [0, 0.1) is 0 Å². The SMILES string of the molecule is c1ccc(-c2ccccc2N(c2ccccc2)c2cccc3c2c2cccc4c5c(N(c6ccccc6)c6ccccc6-c6ccccc6)cccc5n3c24)cc1. The average Bonchev–Trinajstić information content (AvgIpc) is 3.82. The standard InChI is InChI=1S/C54H37N3/c1-5-20-38(21-6-1)42-28-13-15-32-46(42)55(40-24-9-3-10-25-40)48-34-18-36-50-52(48)44-30-17-31-45-53-49(35-19-37-51(53)57(50)54(44)45)56(41-26-11-4-12-27-41)47-33-16-14-29-43(47)39-22-7-2-8-23-39/h1-37H. The second kappa shape index (κ2) is 13.6. The van der Waals surface area contributed by atoms with Gasteiger partial charge in [0.1, 0.15) is 0 Å². The molecule has 0 amide bonds. The van der Waals surface area contributed by atoms with E-state index in [1.165, 1.54) is 60.3 Å². The molecular weight excluding hydrogens is 691 g/mol. The Labute approximate surface area is 331 Å². The Bertz CT molecular complexity index is 2960. The Morgan fingerprint density at radius 2 is 0.632 bits per heavy atom. The van der Waals surface area contributed by atoms with Gasteiger partial charge in [0.25, 0.3) is 0 Å². The van der Waals surface area contributed by atoms with E-state index in [0.29, 0.717) is 0 Å². The summed E-state index contributed by atoms with van der Waals surface area (Å²) >= 11 is 0. The van der Waals surface area contributed by atoms with Crippen molar-refractivity contribution in [3.8, 4) is 22.3 Å². The zero-order valence-electron chi connectivity index (χ0n) is 31.2. The van der Waals surface area contributed by atoms with E-state index in [-0.39, 0.29) is 0 Å². The van der Waals surface area contributed by atoms with Crippen molar-refractivity contribution in [2.75, 3.05) is 9.80 Å². The molecule has 0 N–H and O–H groups in total. The Balaban J connectivity index is 1.20. The van der Waals surface area contributed by atoms with Crippen molar-refractivity contribution in [3.63, 3.8) is 0 Å². The van der Waals surface area contributed by atoms with E-state index in [1.807, 2.05) is 0 Å². The van der Waals surface area contributed by atoms with Crippen LogP contribution in [0.5, 0.6) is 0 Å². The van der Waals surface area contributed by atoms with E-state index in [9.17, 15) is 0 Å². The van der Waals surface area contributed by atoms with E-state index in [0.717, 1.165) is 34.1 Å². The zero-order chi connectivity index (χ0) is 37.7. The van der Waals surface area contributed by atoms with E-state index < -0.39 is 0 Å². The van der Waals surface area contributed by atoms with Gasteiger partial charge < -0.3 is 14.2 Å². The third-order valence-corrected chi connectivity index (χ3v) is 11.3. The van der Waals surface area contributed by atoms with Crippen LogP contribution in [0.3, 0.4) is 0 Å². The highest BCUT2D eigenvalue weighted by Crippen LogP contribution is 2.51. The molecular formula is C54H37N3. The summed E-state index contributed by atoms with van der Waals surface area (Å²) in [4.78, 5) is 4.88. The molecule has 0 aliphatic rings. The first kappa shape index (κ1) is 32.8. The Hall–Kier alpha value is -7.62. The van der Waals surface area contributed by atoms with E-state index in [1.54, 1.807) is 0 Å². The number of anilines is 6. The van der Waals surface area contributed by atoms with Crippen LogP contribution in [-0.4, -0.2) is 4.40 Å². The highest BCUT2D eigenvalue weighted by molar-refractivity contribution is 6.28. The molecule has 0 aliphatic carbocycles. The van der Waals surface area contributed by atoms with E-state index in [4.69, 9.17) is 0 Å². The molecule has 0 radical (unpaired) electrons. The van der Waals surface area contributed by atoms with E-state index >= 15 is 0 Å². The van der Waals surface area contributed by atoms with Gasteiger partial charge in [-0.05, 0) is 71.8 Å². The van der Waals surface area contributed by atoms with E-state index in [2.05, 4.69) is 239 Å². The lowest BCUT2D eigenvalue weighted by molar-refractivity contribution is 1.29. The van der Waals surface area contributed by atoms with Gasteiger partial charge in [0.15, 0.2) is 0 Å². The first-order valence-electron chi connectivity index (χ1n) is 19.5. The molecule has 0 saturated carbocycles. The first-order chi connectivity index (χ1) is 28.3. The van der Waals surface area contributed by atoms with Gasteiger partial charge in [-0.2, -0.15) is 0 Å². The molecule has 2 aromatic heterocycles. The molecule has 268 valence electrons. The van der Waals surface area contributed by atoms with Crippen LogP contribution in [0.4, 0.5) is 34.1 Å². The summed E-state index contributed by atoms with van der Waals surface area (Å²) in [7, 11) is 0. The second-order valence-corrected chi connectivity index (χ2v) is 14.5. The summed E-state index contributed by atoms with van der Waals surface area (Å²) in [6.07, 6.45) is 0. The van der Waals surface area contributed by atoms with Gasteiger partial charge in [-0.25, -0.2) is 0 Å². The maximum Gasteiger partial charge on any atom is 0.0622 e. The number of benzene rings is 9. The third kappa shape index (κ3) is 5.28. The second-order valence-electron chi connectivity index (χ2n) is 14.5. The molecule has 0 unspecified atom stereocenters. The van der Waals surface area contributed by atoms with Gasteiger partial charge >= 0.3 is 0 Å². The largest absolute Gasteiger partial charge is 0.309 e. The molecule has 11 aromatic rings. The molecule has 3 nitrogen and oxygen atoms in total. The van der Waals surface area contributed by atoms with Gasteiger partial charge in [0, 0.05) is 44.0 Å². The number of rotatable bonds is 8. The first-order valence-corrected chi connectivity index (χ1v) is 19.5. The minimum absolute atomic E-state index is 1.11. The van der Waals surface area contributed by atoms with Crippen LogP contribution in [0.25, 0.3) is 60.3 Å². The van der Waals surface area contributed by atoms with Crippen LogP contribution in [0.1, 0.15) is 0 Å². The molecule has 57 heavy (non-hydrogen) atoms. The van der Waals surface area contributed by atoms with Crippen molar-refractivity contribution in [2.45, 2.75) is 0 Å². The molecule has 0 bridgehead atoms. The van der Waals surface area contributed by atoms with Gasteiger partial charge in [-0.15, -0.1) is 0 Å². The maximum absolute atomic E-state index is 2.50. The highest BCUT2D eigenvalue weighted by Gasteiger charge is 2.27. The molecule has 0 spiro atoms. The number of fused-ring (bicyclic) bond motifs is 6. The highest BCUT2D eigenvalue weighted by atomic mass is 15.2. The number of hydrogen-bond acceptors (Lipinski definition) is 2. The lowest BCUT2D eigenvalue weighted by Crippen LogP contribution is -2.12. The van der Waals surface area contributed by atoms with Crippen molar-refractivity contribution in [3.05, 3.63) is 224 Å². The number of hydrogen-bond donors (Lipinski definition) is 0. The fourth-order valence-electron chi connectivity index (χ4n) is 8.94. The van der Waals surface area contributed by atoms with Gasteiger partial charge in [-0.1, -0.05) is 164 Å². The Kier molecular flexibility index (Phi) is 7.82. The molecule has 0 saturated heterocycles. The fraction of sp³-hybridized carbons (Fsp3) is 0. The monoisotopic (exact) mass is 727 g/mol. The summed E-state index contributed by atoms with van der Waals surface area (Å²) in [5.74, 6) is 0. The van der Waals surface area contributed by atoms with Gasteiger partial charge in [0.05, 0.1) is 39.3 Å². The zero-order valence-corrected chi connectivity index (χ0v) is 31.2. The molecule has 11 rings (SSSR count). The molecule has 0 atom stereocenters. The summed E-state index contributed by atoms with van der Waals surface area (Å²) in [6, 6.07) is 80.9. The van der Waals surface area contributed by atoms with Gasteiger partial charge in [0.2, 0.25) is 0 Å². The Morgan fingerprint density at radius 3 is 1.07 bits per heavy atom. The van der Waals surface area contributed by atoms with Crippen LogP contribution in [0.15, 0.2) is 224 Å². The number of para-hydroxylation sites is 5. The average molecular weight is 728 g/mol. The number of nitrogens with zero attached hydrogens (tertiary/aromatic N) is 3. The molecule has 0 aliphatic heterocycles. The van der Waals surface area contributed by atoms with Crippen molar-refractivity contribution in [1.29, 1.82) is 0 Å². The lowest BCUT2D eigenvalue weighted by Gasteiger charge is -2.29. The summed E-state index contributed by atoms with van der Waals surface area (Å²) < 4.78 is 2.50. The summed E-state index contributed by atoms with van der Waals surface area (Å²) in [5.41, 5.74) is 15.1. The minimum Gasteiger partial charge on any atom is -0.309 e. The molecule has 0 fully saturated rings. The normalized spacial score (nSPS) is 11.5. The van der Waals surface area contributed by atoms with Crippen molar-refractivity contribution >= 4 is 72.2 Å². The van der Waals surface area contributed by atoms with Gasteiger partial charge in [-0.3, -0.25) is 0 Å². The van der Waals surface area contributed by atoms with Crippen molar-refractivity contribution in [1.82, 2.24) is 4.40 Å². The summed E-state index contributed by atoms with van der Waals surface area (Å²) in [6.45, 7) is 0. The molecule has 3 heteroatoms. The topological polar surface area (TPSA) is 10.9 Å². The predicted molar refractivity (Wildman–Crippen MR) is 241 cm³/mol. The smallest absolute Gasteiger partial charge is 0.0622 e. The molecule has 9 aromatic carbocycles. The van der Waals surface area contributed by atoms with Crippen LogP contribution >= 0.6 is 0 Å². The summed E-state index contributed by atoms with van der Waals surface area (Å²) in [5, 5.41) is 4.92. The lowest BCUT2D eigenvalue weighted by atomic mass is 10.00. The number of aromatic nitrogens is 1. The van der Waals surface area contributed by atoms with Crippen molar-refractivity contribution < 1.29 is 0 Å². The van der Waals surface area contributed by atoms with Crippen LogP contribution in [0.2, 0.25) is 0 Å². The minimum atomic E-state index is 1.11. The van der Waals surface area contributed by atoms with Crippen LogP contribution in [-0.2, 0) is 0 Å². The quantitative estimate of drug-likeness (QED) is 0.154. The third-order valence-electron chi connectivity index (χ3n) is 11.3. The van der Waals surface area contributed by atoms with Crippen molar-refractivity contribution in [2.24, 2.45) is 0 Å². The maximum atomic E-state index is 2.50. The fourth-order valence-corrected chi connectivity index (χ4v) is 8.94. The Morgan fingerprint density at radius 1 is 0.281 bits per heavy atom. The van der Waals surface area contributed by atoms with Crippen LogP contribution < -0.4 is 9.80 Å². The molecule has 2 heterocycles.